The third-order valence-corrected chi connectivity index (χ3v) is 2.40. The van der Waals surface area contributed by atoms with Gasteiger partial charge in [-0.25, -0.2) is 0 Å². The molecule has 0 saturated heterocycles. The molecule has 12 heavy (non-hydrogen) atoms. The van der Waals surface area contributed by atoms with Crippen molar-refractivity contribution in [2.24, 2.45) is 0 Å². The van der Waals surface area contributed by atoms with E-state index in [1.165, 1.54) is 6.42 Å². The monoisotopic (exact) mass is 276 g/mol. The summed E-state index contributed by atoms with van der Waals surface area (Å²) in [5.41, 5.74) is 0. The fourth-order valence-corrected chi connectivity index (χ4v) is 1.85. The first kappa shape index (κ1) is 9.84. The zero-order valence-corrected chi connectivity index (χ0v) is 9.32. The summed E-state index contributed by atoms with van der Waals surface area (Å²) < 4.78 is 5.94. The molecule has 0 aliphatic rings. The summed E-state index contributed by atoms with van der Waals surface area (Å²) in [4.78, 5) is 0. The molecule has 0 heterocycles. The Kier molecular flexibility index (Phi) is 4.43. The molecule has 0 saturated carbocycles. The molecule has 0 aliphatic carbocycles. The van der Waals surface area contributed by atoms with Gasteiger partial charge in [-0.3, -0.25) is 0 Å². The van der Waals surface area contributed by atoms with Crippen molar-refractivity contribution < 1.29 is 4.74 Å². The average molecular weight is 276 g/mol. The van der Waals surface area contributed by atoms with Gasteiger partial charge in [0.2, 0.25) is 0 Å². The molecule has 0 aromatic heterocycles. The van der Waals surface area contributed by atoms with Crippen LogP contribution in [0.5, 0.6) is 5.75 Å². The predicted molar refractivity (Wildman–Crippen MR) is 59.8 cm³/mol. The molecule has 0 aliphatic heterocycles. The van der Waals surface area contributed by atoms with Crippen molar-refractivity contribution in [3.8, 4) is 5.75 Å². The topological polar surface area (TPSA) is 9.23 Å². The molecule has 2 heteroatoms. The van der Waals surface area contributed by atoms with E-state index in [0.29, 0.717) is 4.11 Å². The van der Waals surface area contributed by atoms with Gasteiger partial charge in [0, 0.05) is 0 Å². The summed E-state index contributed by atoms with van der Waals surface area (Å²) in [6, 6.07) is 9.95. The van der Waals surface area contributed by atoms with Crippen molar-refractivity contribution in [3.05, 3.63) is 30.3 Å². The lowest BCUT2D eigenvalue weighted by molar-refractivity contribution is 0.291. The predicted octanol–water partition coefficient (Wildman–Crippen LogP) is 3.63. The molecule has 1 aromatic rings. The lowest BCUT2D eigenvalue weighted by atomic mass is 10.3. The van der Waals surface area contributed by atoms with Crippen LogP contribution in [0.1, 0.15) is 19.8 Å². The van der Waals surface area contributed by atoms with E-state index in [0.717, 1.165) is 12.2 Å². The zero-order valence-electron chi connectivity index (χ0n) is 7.16. The third kappa shape index (κ3) is 3.43. The van der Waals surface area contributed by atoms with Gasteiger partial charge in [0.1, 0.15) is 9.86 Å². The van der Waals surface area contributed by atoms with Crippen molar-refractivity contribution >= 4 is 22.6 Å². The van der Waals surface area contributed by atoms with Gasteiger partial charge in [-0.1, -0.05) is 31.5 Å². The van der Waals surface area contributed by atoms with E-state index >= 15 is 0 Å². The molecular formula is C10H13IO. The quantitative estimate of drug-likeness (QED) is 0.602. The number of para-hydroxylation sites is 1. The van der Waals surface area contributed by atoms with Crippen LogP contribution in [-0.4, -0.2) is 4.11 Å². The Bertz CT molecular complexity index is 210. The van der Waals surface area contributed by atoms with Crippen LogP contribution in [0, 0.1) is 0 Å². The second kappa shape index (κ2) is 5.41. The smallest absolute Gasteiger partial charge is 0.149 e. The van der Waals surface area contributed by atoms with Crippen LogP contribution in [0.15, 0.2) is 30.3 Å². The lowest BCUT2D eigenvalue weighted by Gasteiger charge is -2.11. The molecule has 1 atom stereocenters. The largest absolute Gasteiger partial charge is 0.480 e. The summed E-state index contributed by atoms with van der Waals surface area (Å²) in [6.45, 7) is 2.17. The Morgan fingerprint density at radius 3 is 2.58 bits per heavy atom. The van der Waals surface area contributed by atoms with Gasteiger partial charge in [0.05, 0.1) is 0 Å². The molecule has 0 bridgehead atoms. The van der Waals surface area contributed by atoms with Gasteiger partial charge in [-0.2, -0.15) is 0 Å². The summed E-state index contributed by atoms with van der Waals surface area (Å²) in [7, 11) is 0. The molecule has 0 amide bonds. The van der Waals surface area contributed by atoms with E-state index in [4.69, 9.17) is 4.74 Å². The Balaban J connectivity index is 2.41. The Morgan fingerprint density at radius 1 is 1.33 bits per heavy atom. The normalized spacial score (nSPS) is 12.5. The number of benzene rings is 1. The van der Waals surface area contributed by atoms with E-state index in [-0.39, 0.29) is 0 Å². The number of ether oxygens (including phenoxy) is 1. The van der Waals surface area contributed by atoms with E-state index in [2.05, 4.69) is 29.5 Å². The van der Waals surface area contributed by atoms with Crippen LogP contribution >= 0.6 is 22.6 Å². The van der Waals surface area contributed by atoms with Crippen LogP contribution in [0.25, 0.3) is 0 Å². The highest BCUT2D eigenvalue weighted by Crippen LogP contribution is 2.16. The van der Waals surface area contributed by atoms with Crippen molar-refractivity contribution in [1.82, 2.24) is 0 Å². The maximum Gasteiger partial charge on any atom is 0.149 e. The van der Waals surface area contributed by atoms with Crippen LogP contribution < -0.4 is 4.74 Å². The molecule has 1 nitrogen and oxygen atoms in total. The lowest BCUT2D eigenvalue weighted by Crippen LogP contribution is -2.06. The van der Waals surface area contributed by atoms with E-state index in [1.54, 1.807) is 0 Å². The highest BCUT2D eigenvalue weighted by Gasteiger charge is 2.02. The Labute approximate surface area is 87.3 Å². The van der Waals surface area contributed by atoms with Gasteiger partial charge < -0.3 is 4.74 Å². The standard InChI is InChI=1S/C10H13IO/c1-2-6-10(11)12-9-7-4-3-5-8-9/h3-5,7-8,10H,2,6H2,1H3. The minimum absolute atomic E-state index is 0.301. The van der Waals surface area contributed by atoms with E-state index in [9.17, 15) is 0 Å². The maximum absolute atomic E-state index is 5.64. The molecule has 1 rings (SSSR count). The number of alkyl halides is 1. The number of halogens is 1. The number of hydrogen-bond acceptors (Lipinski definition) is 1. The molecule has 1 unspecified atom stereocenters. The summed E-state index contributed by atoms with van der Waals surface area (Å²) in [5.74, 6) is 0.963. The van der Waals surface area contributed by atoms with Gasteiger partial charge in [-0.15, -0.1) is 0 Å². The first-order valence-corrected chi connectivity index (χ1v) is 5.43. The maximum atomic E-state index is 5.64. The minimum atomic E-state index is 0.301. The first-order chi connectivity index (χ1) is 5.83. The van der Waals surface area contributed by atoms with Crippen LogP contribution in [0.4, 0.5) is 0 Å². The second-order valence-corrected chi connectivity index (χ2v) is 4.02. The summed E-state index contributed by atoms with van der Waals surface area (Å²) in [6.07, 6.45) is 2.27. The van der Waals surface area contributed by atoms with Gasteiger partial charge in [0.25, 0.3) is 0 Å². The Hall–Kier alpha value is -0.250. The fraction of sp³-hybridized carbons (Fsp3) is 0.400. The van der Waals surface area contributed by atoms with Crippen LogP contribution in [-0.2, 0) is 0 Å². The molecule has 0 fully saturated rings. The fourth-order valence-electron chi connectivity index (χ4n) is 0.933. The number of rotatable bonds is 4. The van der Waals surface area contributed by atoms with Crippen molar-refractivity contribution in [1.29, 1.82) is 0 Å². The number of hydrogen-bond donors (Lipinski definition) is 0. The molecular weight excluding hydrogens is 263 g/mol. The van der Waals surface area contributed by atoms with Gasteiger partial charge in [0.15, 0.2) is 0 Å². The SMILES string of the molecule is CCCC(I)Oc1ccccc1. The van der Waals surface area contributed by atoms with Gasteiger partial charge >= 0.3 is 0 Å². The first-order valence-electron chi connectivity index (χ1n) is 4.18. The molecule has 0 spiro atoms. The average Bonchev–Trinajstić information content (AvgIpc) is 2.06. The molecule has 1 aromatic carbocycles. The van der Waals surface area contributed by atoms with Crippen molar-refractivity contribution in [2.45, 2.75) is 23.9 Å². The summed E-state index contributed by atoms with van der Waals surface area (Å²) in [5, 5.41) is 0. The van der Waals surface area contributed by atoms with E-state index < -0.39 is 0 Å². The van der Waals surface area contributed by atoms with E-state index in [1.807, 2.05) is 30.3 Å². The highest BCUT2D eigenvalue weighted by atomic mass is 127. The Morgan fingerprint density at radius 2 is 2.00 bits per heavy atom. The minimum Gasteiger partial charge on any atom is -0.480 e. The van der Waals surface area contributed by atoms with Gasteiger partial charge in [-0.05, 0) is 41.1 Å². The molecule has 0 N–H and O–H groups in total. The van der Waals surface area contributed by atoms with Crippen molar-refractivity contribution in [3.63, 3.8) is 0 Å². The highest BCUT2D eigenvalue weighted by molar-refractivity contribution is 14.1. The van der Waals surface area contributed by atoms with Crippen LogP contribution in [0.3, 0.4) is 0 Å². The zero-order chi connectivity index (χ0) is 8.81. The second-order valence-electron chi connectivity index (χ2n) is 2.63. The molecule has 66 valence electrons. The summed E-state index contributed by atoms with van der Waals surface area (Å²) >= 11 is 2.32. The third-order valence-electron chi connectivity index (χ3n) is 1.52. The van der Waals surface area contributed by atoms with Crippen LogP contribution in [0.2, 0.25) is 0 Å². The van der Waals surface area contributed by atoms with Crippen molar-refractivity contribution in [2.75, 3.05) is 0 Å². The molecule has 0 radical (unpaired) electrons.